The Kier molecular flexibility index (Phi) is 7.50. The van der Waals surface area contributed by atoms with Gasteiger partial charge >= 0.3 is 0 Å². The fourth-order valence-electron chi connectivity index (χ4n) is 4.79. The number of rotatable bonds is 8. The lowest BCUT2D eigenvalue weighted by Gasteiger charge is -2.36. The fourth-order valence-corrected chi connectivity index (χ4v) is 4.79. The average molecular weight is 466 g/mol. The Hall–Kier alpha value is -3.26. The monoisotopic (exact) mass is 465 g/mol. The van der Waals surface area contributed by atoms with E-state index >= 15 is 0 Å². The van der Waals surface area contributed by atoms with Crippen molar-refractivity contribution < 1.29 is 4.74 Å². The Morgan fingerprint density at radius 1 is 1.00 bits per heavy atom. The van der Waals surface area contributed by atoms with Crippen molar-refractivity contribution in [1.82, 2.24) is 4.90 Å². The van der Waals surface area contributed by atoms with Crippen molar-refractivity contribution in [2.45, 2.75) is 58.0 Å². The number of hydrogen-bond donors (Lipinski definition) is 0. The fraction of sp³-hybridized carbons (Fsp3) is 0.333. The van der Waals surface area contributed by atoms with Crippen LogP contribution in [0.5, 0.6) is 5.75 Å². The summed E-state index contributed by atoms with van der Waals surface area (Å²) < 4.78 is 6.15. The Labute approximate surface area is 212 Å². The van der Waals surface area contributed by atoms with Crippen LogP contribution in [0.25, 0.3) is 16.8 Å². The van der Waals surface area contributed by atoms with E-state index in [2.05, 4.69) is 98.6 Å². The largest absolute Gasteiger partial charge is 0.484 e. The van der Waals surface area contributed by atoms with Crippen LogP contribution in [0.15, 0.2) is 92.0 Å². The Bertz CT molecular complexity index is 1170. The van der Waals surface area contributed by atoms with Gasteiger partial charge in [-0.3, -0.25) is 0 Å². The summed E-state index contributed by atoms with van der Waals surface area (Å²) in [4.78, 5) is 2.45. The molecule has 0 radical (unpaired) electrons. The molecule has 2 heteroatoms. The summed E-state index contributed by atoms with van der Waals surface area (Å²) in [5, 5.41) is 0. The van der Waals surface area contributed by atoms with Crippen LogP contribution in [0.1, 0.15) is 69.1 Å². The lowest BCUT2D eigenvalue weighted by Crippen LogP contribution is -2.33. The minimum Gasteiger partial charge on any atom is -0.484 e. The standard InChI is InChI=1S/C33H39NO/c1-7-33(5,6)35-32-15-9-13-30(22-32)31-14-10-20-34(23-31)25(4)28-11-8-12-29(21-28)27-18-16-26(17-19-27)24(2)3/h7-9,11-13,15-19,21-22,24,31H,1,4,10,14,20,23H2,2-3,5-6H3. The van der Waals surface area contributed by atoms with E-state index in [9.17, 15) is 0 Å². The molecule has 3 aromatic rings. The zero-order valence-corrected chi connectivity index (χ0v) is 21.8. The summed E-state index contributed by atoms with van der Waals surface area (Å²) in [6.07, 6.45) is 4.18. The van der Waals surface area contributed by atoms with Crippen LogP contribution in [0.2, 0.25) is 0 Å². The molecule has 1 unspecified atom stereocenters. The third kappa shape index (κ3) is 6.06. The normalized spacial score (nSPS) is 16.3. The zero-order chi connectivity index (χ0) is 25.0. The van der Waals surface area contributed by atoms with Gasteiger partial charge in [-0.1, -0.05) is 81.6 Å². The van der Waals surface area contributed by atoms with Crippen molar-refractivity contribution in [1.29, 1.82) is 0 Å². The Morgan fingerprint density at radius 3 is 2.46 bits per heavy atom. The third-order valence-electron chi connectivity index (χ3n) is 7.11. The molecule has 1 atom stereocenters. The zero-order valence-electron chi connectivity index (χ0n) is 21.8. The SMILES string of the molecule is C=CC(C)(C)Oc1cccc(C2CCCN(C(=C)c3cccc(-c4ccc(C(C)C)cc4)c3)C2)c1. The molecule has 1 fully saturated rings. The molecular formula is C33H39NO. The highest BCUT2D eigenvalue weighted by Gasteiger charge is 2.24. The summed E-state index contributed by atoms with van der Waals surface area (Å²) in [6, 6.07) is 26.3. The highest BCUT2D eigenvalue weighted by molar-refractivity contribution is 5.71. The van der Waals surface area contributed by atoms with Crippen LogP contribution in [0, 0.1) is 0 Å². The average Bonchev–Trinajstić information content (AvgIpc) is 2.88. The first kappa shape index (κ1) is 24.9. The molecule has 0 N–H and O–H groups in total. The lowest BCUT2D eigenvalue weighted by atomic mass is 9.89. The molecule has 0 saturated carbocycles. The summed E-state index contributed by atoms with van der Waals surface area (Å²) in [5.74, 6) is 1.91. The van der Waals surface area contributed by atoms with Crippen molar-refractivity contribution in [2.75, 3.05) is 13.1 Å². The number of piperidine rings is 1. The third-order valence-corrected chi connectivity index (χ3v) is 7.11. The van der Waals surface area contributed by atoms with Crippen molar-refractivity contribution in [3.8, 4) is 16.9 Å². The van der Waals surface area contributed by atoms with Crippen molar-refractivity contribution >= 4 is 5.70 Å². The summed E-state index contributed by atoms with van der Waals surface area (Å²) in [6.45, 7) is 19.0. The van der Waals surface area contributed by atoms with E-state index in [1.165, 1.54) is 34.2 Å². The summed E-state index contributed by atoms with van der Waals surface area (Å²) in [5.41, 5.74) is 7.11. The van der Waals surface area contributed by atoms with Crippen LogP contribution in [-0.2, 0) is 0 Å². The second-order valence-electron chi connectivity index (χ2n) is 10.6. The Morgan fingerprint density at radius 2 is 1.74 bits per heavy atom. The maximum Gasteiger partial charge on any atom is 0.121 e. The van der Waals surface area contributed by atoms with E-state index < -0.39 is 0 Å². The van der Waals surface area contributed by atoms with E-state index in [4.69, 9.17) is 4.74 Å². The van der Waals surface area contributed by atoms with Gasteiger partial charge in [0, 0.05) is 24.7 Å². The van der Waals surface area contributed by atoms with Crippen LogP contribution in [0.4, 0.5) is 0 Å². The summed E-state index contributed by atoms with van der Waals surface area (Å²) in [7, 11) is 0. The highest BCUT2D eigenvalue weighted by atomic mass is 16.5. The van der Waals surface area contributed by atoms with E-state index in [-0.39, 0.29) is 5.60 Å². The number of benzene rings is 3. The molecule has 0 amide bonds. The molecule has 3 aromatic carbocycles. The molecule has 1 heterocycles. The van der Waals surface area contributed by atoms with Gasteiger partial charge < -0.3 is 9.64 Å². The minimum atomic E-state index is -0.383. The number of likely N-dealkylation sites (tertiary alicyclic amines) is 1. The Balaban J connectivity index is 1.49. The predicted octanol–water partition coefficient (Wildman–Crippen LogP) is 8.67. The van der Waals surface area contributed by atoms with Gasteiger partial charge in [0.1, 0.15) is 11.4 Å². The molecule has 0 spiro atoms. The van der Waals surface area contributed by atoms with Gasteiger partial charge in [-0.15, -0.1) is 0 Å². The molecule has 182 valence electrons. The second kappa shape index (κ2) is 10.6. The molecule has 4 rings (SSSR count). The number of nitrogens with zero attached hydrogens (tertiary/aromatic N) is 1. The van der Waals surface area contributed by atoms with E-state index in [0.29, 0.717) is 11.8 Å². The van der Waals surface area contributed by atoms with Gasteiger partial charge in [0.15, 0.2) is 0 Å². The predicted molar refractivity (Wildman–Crippen MR) is 150 cm³/mol. The molecular weight excluding hydrogens is 426 g/mol. The second-order valence-corrected chi connectivity index (χ2v) is 10.6. The molecule has 1 saturated heterocycles. The van der Waals surface area contributed by atoms with E-state index in [0.717, 1.165) is 31.0 Å². The van der Waals surface area contributed by atoms with E-state index in [1.54, 1.807) is 0 Å². The van der Waals surface area contributed by atoms with Crippen LogP contribution in [0.3, 0.4) is 0 Å². The molecule has 1 aliphatic rings. The lowest BCUT2D eigenvalue weighted by molar-refractivity contribution is 0.162. The highest BCUT2D eigenvalue weighted by Crippen LogP contribution is 2.34. The number of ether oxygens (including phenoxy) is 1. The van der Waals surface area contributed by atoms with Crippen molar-refractivity contribution in [2.24, 2.45) is 0 Å². The van der Waals surface area contributed by atoms with Crippen LogP contribution in [-0.4, -0.2) is 23.6 Å². The van der Waals surface area contributed by atoms with E-state index in [1.807, 2.05) is 26.0 Å². The quantitative estimate of drug-likeness (QED) is 0.309. The first-order valence-electron chi connectivity index (χ1n) is 12.8. The molecule has 1 aliphatic heterocycles. The van der Waals surface area contributed by atoms with Gasteiger partial charge in [0.05, 0.1) is 0 Å². The van der Waals surface area contributed by atoms with Crippen molar-refractivity contribution in [3.63, 3.8) is 0 Å². The van der Waals surface area contributed by atoms with Gasteiger partial charge in [-0.05, 0) is 84.7 Å². The first-order chi connectivity index (χ1) is 16.8. The molecule has 35 heavy (non-hydrogen) atoms. The molecule has 0 aliphatic carbocycles. The molecule has 0 bridgehead atoms. The van der Waals surface area contributed by atoms with Gasteiger partial charge in [0.25, 0.3) is 0 Å². The number of hydrogen-bond acceptors (Lipinski definition) is 2. The molecule has 0 aromatic heterocycles. The summed E-state index contributed by atoms with van der Waals surface area (Å²) >= 11 is 0. The topological polar surface area (TPSA) is 12.5 Å². The van der Waals surface area contributed by atoms with Crippen molar-refractivity contribution in [3.05, 3.63) is 109 Å². The van der Waals surface area contributed by atoms with Crippen LogP contribution < -0.4 is 4.74 Å². The van der Waals surface area contributed by atoms with Gasteiger partial charge in [0.2, 0.25) is 0 Å². The minimum absolute atomic E-state index is 0.383. The van der Waals surface area contributed by atoms with Gasteiger partial charge in [-0.25, -0.2) is 0 Å². The maximum atomic E-state index is 6.15. The molecule has 2 nitrogen and oxygen atoms in total. The smallest absolute Gasteiger partial charge is 0.121 e. The first-order valence-corrected chi connectivity index (χ1v) is 12.8. The van der Waals surface area contributed by atoms with Gasteiger partial charge in [-0.2, -0.15) is 0 Å². The van der Waals surface area contributed by atoms with Crippen LogP contribution >= 0.6 is 0 Å². The maximum absolute atomic E-state index is 6.15.